The highest BCUT2D eigenvalue weighted by molar-refractivity contribution is 5.78. The summed E-state index contributed by atoms with van der Waals surface area (Å²) >= 11 is 0. The van der Waals surface area contributed by atoms with Crippen LogP contribution in [0.2, 0.25) is 0 Å². The van der Waals surface area contributed by atoms with Crippen molar-refractivity contribution in [3.8, 4) is 0 Å². The first-order chi connectivity index (χ1) is 10.1. The Bertz CT molecular complexity index is 311. The molecule has 5 nitrogen and oxygen atoms in total. The number of carbonyl (C=O) groups excluding carboxylic acids is 1. The normalized spacial score (nSPS) is 26.5. The van der Waals surface area contributed by atoms with E-state index in [1.54, 1.807) is 0 Å². The molecule has 0 saturated carbocycles. The number of hydrogen-bond acceptors (Lipinski definition) is 4. The predicted octanol–water partition coefficient (Wildman–Crippen LogP) is 1.13. The minimum absolute atomic E-state index is 0.120. The van der Waals surface area contributed by atoms with Crippen molar-refractivity contribution in [2.75, 3.05) is 32.8 Å². The van der Waals surface area contributed by atoms with Gasteiger partial charge in [0.1, 0.15) is 0 Å². The van der Waals surface area contributed by atoms with Crippen LogP contribution in [0.4, 0.5) is 0 Å². The Morgan fingerprint density at radius 1 is 1.33 bits per heavy atom. The zero-order chi connectivity index (χ0) is 15.1. The molecular formula is C16H31N3O2. The first kappa shape index (κ1) is 16.7. The highest BCUT2D eigenvalue weighted by atomic mass is 16.5. The van der Waals surface area contributed by atoms with Crippen LogP contribution in [0.15, 0.2) is 0 Å². The van der Waals surface area contributed by atoms with Gasteiger partial charge in [0.05, 0.1) is 12.6 Å². The Kier molecular flexibility index (Phi) is 6.93. The van der Waals surface area contributed by atoms with E-state index in [1.807, 2.05) is 0 Å². The van der Waals surface area contributed by atoms with Crippen LogP contribution in [0.5, 0.6) is 0 Å². The first-order valence-electron chi connectivity index (χ1n) is 8.51. The number of ether oxygens (including phenoxy) is 1. The minimum atomic E-state index is 0.120. The van der Waals surface area contributed by atoms with E-state index in [0.29, 0.717) is 25.2 Å². The molecule has 2 atom stereocenters. The molecule has 2 N–H and O–H groups in total. The highest BCUT2D eigenvalue weighted by Crippen LogP contribution is 2.11. The summed E-state index contributed by atoms with van der Waals surface area (Å²) in [5, 5.41) is 6.58. The average molecular weight is 297 g/mol. The zero-order valence-electron chi connectivity index (χ0n) is 13.6. The molecular weight excluding hydrogens is 266 g/mol. The Balaban J connectivity index is 1.71. The van der Waals surface area contributed by atoms with Gasteiger partial charge in [0.15, 0.2) is 0 Å². The van der Waals surface area contributed by atoms with E-state index in [1.165, 1.54) is 19.3 Å². The van der Waals surface area contributed by atoms with Gasteiger partial charge in [-0.15, -0.1) is 0 Å². The predicted molar refractivity (Wildman–Crippen MR) is 84.3 cm³/mol. The molecule has 2 fully saturated rings. The van der Waals surface area contributed by atoms with Gasteiger partial charge >= 0.3 is 0 Å². The molecule has 0 bridgehead atoms. The van der Waals surface area contributed by atoms with Crippen LogP contribution in [0.1, 0.15) is 46.0 Å². The fourth-order valence-corrected chi connectivity index (χ4v) is 3.09. The van der Waals surface area contributed by atoms with E-state index in [-0.39, 0.29) is 12.0 Å². The number of nitrogens with zero attached hydrogens (tertiary/aromatic N) is 1. The molecule has 0 aromatic carbocycles. The van der Waals surface area contributed by atoms with Crippen molar-refractivity contribution in [3.05, 3.63) is 0 Å². The van der Waals surface area contributed by atoms with Gasteiger partial charge in [-0.25, -0.2) is 0 Å². The molecule has 2 aliphatic heterocycles. The summed E-state index contributed by atoms with van der Waals surface area (Å²) in [5.41, 5.74) is 0. The van der Waals surface area contributed by atoms with E-state index >= 15 is 0 Å². The molecule has 21 heavy (non-hydrogen) atoms. The van der Waals surface area contributed by atoms with Crippen molar-refractivity contribution < 1.29 is 9.53 Å². The maximum Gasteiger partial charge on any atom is 0.234 e. The molecule has 0 spiro atoms. The summed E-state index contributed by atoms with van der Waals surface area (Å²) in [6, 6.07) is 0.925. The molecule has 0 radical (unpaired) electrons. The Hall–Kier alpha value is -0.650. The van der Waals surface area contributed by atoms with E-state index in [0.717, 1.165) is 32.5 Å². The number of amides is 1. The van der Waals surface area contributed by atoms with Gasteiger partial charge in [-0.3, -0.25) is 9.69 Å². The van der Waals surface area contributed by atoms with Gasteiger partial charge in [0.2, 0.25) is 5.91 Å². The number of rotatable bonds is 7. The van der Waals surface area contributed by atoms with Gasteiger partial charge < -0.3 is 15.4 Å². The second-order valence-electron chi connectivity index (χ2n) is 6.61. The topological polar surface area (TPSA) is 53.6 Å². The molecule has 2 aliphatic rings. The fourth-order valence-electron chi connectivity index (χ4n) is 3.09. The first-order valence-corrected chi connectivity index (χ1v) is 8.51. The standard InChI is InChI=1S/C16H31N3O2/c1-13(2)19(11-14-6-3-4-8-17-14)12-16(20)18-10-15-7-5-9-21-15/h13-15,17H,3-12H2,1-2H3,(H,18,20). The minimum Gasteiger partial charge on any atom is -0.376 e. The van der Waals surface area contributed by atoms with Crippen molar-refractivity contribution in [2.45, 2.75) is 64.1 Å². The van der Waals surface area contributed by atoms with Crippen molar-refractivity contribution in [2.24, 2.45) is 0 Å². The summed E-state index contributed by atoms with van der Waals surface area (Å²) in [6.45, 7) is 8.39. The van der Waals surface area contributed by atoms with Crippen LogP contribution >= 0.6 is 0 Å². The molecule has 5 heteroatoms. The second-order valence-corrected chi connectivity index (χ2v) is 6.61. The lowest BCUT2D eigenvalue weighted by Gasteiger charge is -2.32. The number of hydrogen-bond donors (Lipinski definition) is 2. The number of carbonyl (C=O) groups is 1. The smallest absolute Gasteiger partial charge is 0.234 e. The highest BCUT2D eigenvalue weighted by Gasteiger charge is 2.21. The van der Waals surface area contributed by atoms with E-state index in [9.17, 15) is 4.79 Å². The number of piperidine rings is 1. The molecule has 2 heterocycles. The van der Waals surface area contributed by atoms with Gasteiger partial charge in [0.25, 0.3) is 0 Å². The van der Waals surface area contributed by atoms with Gasteiger partial charge in [-0.2, -0.15) is 0 Å². The van der Waals surface area contributed by atoms with Crippen LogP contribution in [0, 0.1) is 0 Å². The monoisotopic (exact) mass is 297 g/mol. The summed E-state index contributed by atoms with van der Waals surface area (Å²) in [4.78, 5) is 14.4. The third-order valence-corrected chi connectivity index (χ3v) is 4.50. The van der Waals surface area contributed by atoms with Crippen molar-refractivity contribution in [3.63, 3.8) is 0 Å². The van der Waals surface area contributed by atoms with Gasteiger partial charge in [0, 0.05) is 31.8 Å². The maximum atomic E-state index is 12.1. The summed E-state index contributed by atoms with van der Waals surface area (Å²) < 4.78 is 5.54. The van der Waals surface area contributed by atoms with Crippen molar-refractivity contribution >= 4 is 5.91 Å². The molecule has 2 saturated heterocycles. The second kappa shape index (κ2) is 8.71. The average Bonchev–Trinajstić information content (AvgIpc) is 2.99. The summed E-state index contributed by atoms with van der Waals surface area (Å²) in [6.07, 6.45) is 6.21. The third kappa shape index (κ3) is 5.93. The van der Waals surface area contributed by atoms with Crippen LogP contribution in [0.3, 0.4) is 0 Å². The Morgan fingerprint density at radius 2 is 2.19 bits per heavy atom. The van der Waals surface area contributed by atoms with E-state index in [2.05, 4.69) is 29.4 Å². The summed E-state index contributed by atoms with van der Waals surface area (Å²) in [7, 11) is 0. The van der Waals surface area contributed by atoms with Gasteiger partial charge in [-0.1, -0.05) is 6.42 Å². The summed E-state index contributed by atoms with van der Waals surface area (Å²) in [5.74, 6) is 0.120. The van der Waals surface area contributed by atoms with E-state index < -0.39 is 0 Å². The fraction of sp³-hybridized carbons (Fsp3) is 0.938. The molecule has 0 aromatic heterocycles. The number of nitrogens with one attached hydrogen (secondary N) is 2. The molecule has 2 unspecified atom stereocenters. The Labute approximate surface area is 128 Å². The van der Waals surface area contributed by atoms with E-state index in [4.69, 9.17) is 4.74 Å². The molecule has 0 aromatic rings. The van der Waals surface area contributed by atoms with Crippen LogP contribution < -0.4 is 10.6 Å². The van der Waals surface area contributed by atoms with Crippen LogP contribution in [-0.4, -0.2) is 61.8 Å². The van der Waals surface area contributed by atoms with Crippen LogP contribution in [0.25, 0.3) is 0 Å². The Morgan fingerprint density at radius 3 is 2.81 bits per heavy atom. The lowest BCUT2D eigenvalue weighted by Crippen LogP contribution is -2.49. The van der Waals surface area contributed by atoms with Crippen molar-refractivity contribution in [1.82, 2.24) is 15.5 Å². The molecule has 2 rings (SSSR count). The van der Waals surface area contributed by atoms with Crippen LogP contribution in [-0.2, 0) is 9.53 Å². The quantitative estimate of drug-likeness (QED) is 0.740. The molecule has 0 aliphatic carbocycles. The van der Waals surface area contributed by atoms with Crippen molar-refractivity contribution in [1.29, 1.82) is 0 Å². The largest absolute Gasteiger partial charge is 0.376 e. The zero-order valence-corrected chi connectivity index (χ0v) is 13.6. The lowest BCUT2D eigenvalue weighted by molar-refractivity contribution is -0.123. The third-order valence-electron chi connectivity index (χ3n) is 4.50. The SMILES string of the molecule is CC(C)N(CC(=O)NCC1CCCO1)CC1CCCCN1. The lowest BCUT2D eigenvalue weighted by atomic mass is 10.0. The maximum absolute atomic E-state index is 12.1. The van der Waals surface area contributed by atoms with Gasteiger partial charge in [-0.05, 0) is 46.1 Å². The molecule has 122 valence electrons. The molecule has 1 amide bonds.